The van der Waals surface area contributed by atoms with E-state index in [9.17, 15) is 5.11 Å². The van der Waals surface area contributed by atoms with E-state index in [0.717, 1.165) is 38.6 Å². The molecule has 0 radical (unpaired) electrons. The lowest BCUT2D eigenvalue weighted by molar-refractivity contribution is 0.233. The third kappa shape index (κ3) is 3.93. The van der Waals surface area contributed by atoms with Crippen LogP contribution in [0.3, 0.4) is 0 Å². The summed E-state index contributed by atoms with van der Waals surface area (Å²) in [7, 11) is 1.63. The zero-order chi connectivity index (χ0) is 21.2. The second kappa shape index (κ2) is 8.29. The molecule has 2 N–H and O–H groups in total. The molecule has 5 rings (SSSR count). The van der Waals surface area contributed by atoms with Crippen molar-refractivity contribution in [1.82, 2.24) is 9.97 Å². The summed E-state index contributed by atoms with van der Waals surface area (Å²) in [6.45, 7) is 0. The Hall–Kier alpha value is -3.55. The quantitative estimate of drug-likeness (QED) is 0.469. The van der Waals surface area contributed by atoms with Gasteiger partial charge in [0.25, 0.3) is 0 Å². The highest BCUT2D eigenvalue weighted by Crippen LogP contribution is 2.40. The molecule has 1 unspecified atom stereocenters. The van der Waals surface area contributed by atoms with Gasteiger partial charge < -0.3 is 14.8 Å². The van der Waals surface area contributed by atoms with Gasteiger partial charge in [-0.15, -0.1) is 0 Å². The molecule has 0 aliphatic carbocycles. The molecule has 7 heteroatoms. The zero-order valence-electron chi connectivity index (χ0n) is 16.8. The Morgan fingerprint density at radius 3 is 2.68 bits per heavy atom. The summed E-state index contributed by atoms with van der Waals surface area (Å²) in [6.07, 6.45) is 2.81. The lowest BCUT2D eigenvalue weighted by Crippen LogP contribution is -2.32. The summed E-state index contributed by atoms with van der Waals surface area (Å²) in [5.41, 5.74) is 4.50. The number of hydrogen-bond acceptors (Lipinski definition) is 5. The van der Waals surface area contributed by atoms with Crippen molar-refractivity contribution in [2.24, 2.45) is 4.99 Å². The number of anilines is 1. The number of hydrogen-bond donors (Lipinski definition) is 2. The molecular formula is C24H20N4O2S. The molecule has 31 heavy (non-hydrogen) atoms. The molecular weight excluding hydrogens is 408 g/mol. The Labute approximate surface area is 183 Å². The number of H-pyrrole nitrogens is 1. The summed E-state index contributed by atoms with van der Waals surface area (Å²) < 4.78 is 5.27. The van der Waals surface area contributed by atoms with Crippen LogP contribution in [0, 0.1) is 0 Å². The first kappa shape index (κ1) is 19.4. The molecule has 6 nitrogen and oxygen atoms in total. The summed E-state index contributed by atoms with van der Waals surface area (Å²) >= 11 is 1.46. The Morgan fingerprint density at radius 1 is 1.10 bits per heavy atom. The minimum atomic E-state index is -0.851. The van der Waals surface area contributed by atoms with Gasteiger partial charge in [0, 0.05) is 10.6 Å². The molecule has 1 aliphatic heterocycles. The van der Waals surface area contributed by atoms with E-state index in [2.05, 4.69) is 9.97 Å². The van der Waals surface area contributed by atoms with Crippen molar-refractivity contribution >= 4 is 45.4 Å². The highest BCUT2D eigenvalue weighted by Gasteiger charge is 2.34. The number of aromatic amines is 1. The van der Waals surface area contributed by atoms with Crippen molar-refractivity contribution in [2.45, 2.75) is 6.23 Å². The van der Waals surface area contributed by atoms with Crippen molar-refractivity contribution in [3.05, 3.63) is 89.6 Å². The Morgan fingerprint density at radius 2 is 1.90 bits per heavy atom. The minimum absolute atomic E-state index is 0.705. The number of rotatable bonds is 4. The Kier molecular flexibility index (Phi) is 5.19. The average molecular weight is 429 g/mol. The van der Waals surface area contributed by atoms with Gasteiger partial charge >= 0.3 is 0 Å². The van der Waals surface area contributed by atoms with Crippen molar-refractivity contribution < 1.29 is 9.84 Å². The number of para-hydroxylation sites is 1. The average Bonchev–Trinajstić information content (AvgIpc) is 3.39. The number of aliphatic hydroxyl groups is 1. The topological polar surface area (TPSA) is 73.7 Å². The third-order valence-corrected chi connectivity index (χ3v) is 6.04. The molecule has 1 saturated heterocycles. The molecule has 0 saturated carbocycles. The lowest BCUT2D eigenvalue weighted by atomic mass is 10.1. The Bertz CT molecular complexity index is 1270. The molecule has 2 heterocycles. The van der Waals surface area contributed by atoms with Crippen LogP contribution < -0.4 is 9.64 Å². The maximum Gasteiger partial charge on any atom is 0.176 e. The second-order valence-corrected chi connectivity index (χ2v) is 8.04. The number of amidine groups is 1. The number of imidazole rings is 1. The number of aliphatic hydroxyl groups excluding tert-OH is 1. The molecule has 3 aromatic carbocycles. The number of nitrogens with zero attached hydrogens (tertiary/aromatic N) is 3. The maximum atomic E-state index is 11.2. The van der Waals surface area contributed by atoms with E-state index in [4.69, 9.17) is 9.73 Å². The molecule has 0 amide bonds. The number of thioether (sulfide) groups is 1. The van der Waals surface area contributed by atoms with Gasteiger partial charge in [-0.3, -0.25) is 4.90 Å². The predicted molar refractivity (Wildman–Crippen MR) is 127 cm³/mol. The summed E-state index contributed by atoms with van der Waals surface area (Å²) in [5.74, 6) is 0.759. The number of aliphatic imine (C=N–C) groups is 1. The highest BCUT2D eigenvalue weighted by atomic mass is 32.2. The normalized spacial score (nSPS) is 18.9. The zero-order valence-corrected chi connectivity index (χ0v) is 17.6. The van der Waals surface area contributed by atoms with Crippen LogP contribution in [0.5, 0.6) is 5.75 Å². The number of aromatic nitrogens is 2. The molecule has 1 aromatic heterocycles. The molecule has 1 fully saturated rings. The van der Waals surface area contributed by atoms with Gasteiger partial charge in [-0.2, -0.15) is 0 Å². The fourth-order valence-corrected chi connectivity index (χ4v) is 4.50. The summed E-state index contributed by atoms with van der Waals surface area (Å²) in [4.78, 5) is 14.8. The third-order valence-electron chi connectivity index (χ3n) is 5.00. The molecule has 154 valence electrons. The van der Waals surface area contributed by atoms with E-state index in [1.54, 1.807) is 13.4 Å². The van der Waals surface area contributed by atoms with Gasteiger partial charge in [0.15, 0.2) is 11.4 Å². The van der Waals surface area contributed by atoms with E-state index < -0.39 is 6.23 Å². The van der Waals surface area contributed by atoms with Crippen LogP contribution >= 0.6 is 11.8 Å². The van der Waals surface area contributed by atoms with Crippen LogP contribution in [0.25, 0.3) is 17.1 Å². The predicted octanol–water partition coefficient (Wildman–Crippen LogP) is 5.17. The SMILES string of the molecule is COc1ccc(N2/C(=N/c3ccccc3)S/C(=C\c3ccc4[nH]cnc4c3)C2O)cc1. The number of fused-ring (bicyclic) bond motifs is 1. The van der Waals surface area contributed by atoms with Gasteiger partial charge in [-0.1, -0.05) is 36.0 Å². The van der Waals surface area contributed by atoms with Gasteiger partial charge in [0.2, 0.25) is 0 Å². The largest absolute Gasteiger partial charge is 0.497 e. The number of ether oxygens (including phenoxy) is 1. The minimum Gasteiger partial charge on any atom is -0.497 e. The Balaban J connectivity index is 1.55. The number of nitrogens with one attached hydrogen (secondary N) is 1. The summed E-state index contributed by atoms with van der Waals surface area (Å²) in [6, 6.07) is 23.3. The van der Waals surface area contributed by atoms with Gasteiger partial charge in [0.05, 0.1) is 30.2 Å². The fourth-order valence-electron chi connectivity index (χ4n) is 3.43. The molecule has 1 aliphatic rings. The van der Waals surface area contributed by atoms with Crippen molar-refractivity contribution in [1.29, 1.82) is 0 Å². The second-order valence-electron chi connectivity index (χ2n) is 7.00. The van der Waals surface area contributed by atoms with Gasteiger partial charge in [0.1, 0.15) is 5.75 Å². The first-order valence-corrected chi connectivity index (χ1v) is 10.6. The van der Waals surface area contributed by atoms with Crippen molar-refractivity contribution in [3.63, 3.8) is 0 Å². The van der Waals surface area contributed by atoms with Crippen molar-refractivity contribution in [2.75, 3.05) is 12.0 Å². The smallest absolute Gasteiger partial charge is 0.176 e. The first-order chi connectivity index (χ1) is 15.2. The van der Waals surface area contributed by atoms with E-state index >= 15 is 0 Å². The van der Waals surface area contributed by atoms with Crippen LogP contribution in [0.2, 0.25) is 0 Å². The molecule has 0 bridgehead atoms. The standard InChI is InChI=1S/C24H20N4O2S/c1-30-19-10-8-18(9-11-19)28-23(29)22(31-24(28)27-17-5-3-2-4-6-17)14-16-7-12-20-21(13-16)26-15-25-20/h2-15,23,29H,1H3,(H,25,26)/b22-14-,27-24-. The van der Waals surface area contributed by atoms with E-state index in [1.807, 2.05) is 83.8 Å². The molecule has 0 spiro atoms. The maximum absolute atomic E-state index is 11.2. The monoisotopic (exact) mass is 428 g/mol. The van der Waals surface area contributed by atoms with E-state index in [1.165, 1.54) is 11.8 Å². The fraction of sp³-hybridized carbons (Fsp3) is 0.0833. The van der Waals surface area contributed by atoms with Crippen molar-refractivity contribution in [3.8, 4) is 5.75 Å². The molecule has 1 atom stereocenters. The lowest BCUT2D eigenvalue weighted by Gasteiger charge is -2.22. The van der Waals surface area contributed by atoms with Gasteiger partial charge in [-0.25, -0.2) is 9.98 Å². The van der Waals surface area contributed by atoms with Crippen LogP contribution in [0.15, 0.2) is 89.0 Å². The molecule has 4 aromatic rings. The highest BCUT2D eigenvalue weighted by molar-refractivity contribution is 8.18. The first-order valence-electron chi connectivity index (χ1n) is 9.79. The van der Waals surface area contributed by atoms with Crippen LogP contribution in [-0.2, 0) is 0 Å². The van der Waals surface area contributed by atoms with E-state index in [-0.39, 0.29) is 0 Å². The number of methoxy groups -OCH3 is 1. The van der Waals surface area contributed by atoms with E-state index in [0.29, 0.717) is 5.17 Å². The van der Waals surface area contributed by atoms with Crippen LogP contribution in [0.4, 0.5) is 11.4 Å². The van der Waals surface area contributed by atoms with Crippen LogP contribution in [-0.4, -0.2) is 33.6 Å². The van der Waals surface area contributed by atoms with Gasteiger partial charge in [-0.05, 0) is 60.2 Å². The summed E-state index contributed by atoms with van der Waals surface area (Å²) in [5, 5.41) is 11.9. The van der Waals surface area contributed by atoms with Crippen LogP contribution in [0.1, 0.15) is 5.56 Å². The number of benzene rings is 3.